The average molecular weight is 373 g/mol. The molecule has 0 aromatic heterocycles. The smallest absolute Gasteiger partial charge is 0.301 e. The number of non-ortho nitro benzene ring substituents is 1. The third kappa shape index (κ3) is 4.69. The van der Waals surface area contributed by atoms with Crippen LogP contribution in [0.15, 0.2) is 41.5 Å². The second-order valence-electron chi connectivity index (χ2n) is 5.50. The molecule has 0 fully saturated rings. The van der Waals surface area contributed by atoms with Gasteiger partial charge in [0.25, 0.3) is 5.69 Å². The fourth-order valence-electron chi connectivity index (χ4n) is 2.48. The number of benzene rings is 2. The molecule has 0 radical (unpaired) electrons. The highest BCUT2D eigenvalue weighted by atomic mass is 16.6. The van der Waals surface area contributed by atoms with Crippen LogP contribution in [-0.4, -0.2) is 34.3 Å². The van der Waals surface area contributed by atoms with Crippen LogP contribution in [-0.2, 0) is 0 Å². The first kappa shape index (κ1) is 19.6. The molecule has 142 valence electrons. The van der Waals surface area contributed by atoms with Gasteiger partial charge in [0, 0.05) is 30.4 Å². The Morgan fingerprint density at radius 3 is 2.41 bits per heavy atom. The standard InChI is InChI=1S/C17H19N5O5/c1-3-20(4-2)13-6-8-17(23)12(9-13)11-18-19-15-7-5-14(21(24)25)10-16(15)22(26)27/h5-11,19,23H,3-4H2,1-2H3/b18-11+. The molecule has 0 bridgehead atoms. The zero-order valence-electron chi connectivity index (χ0n) is 14.8. The SMILES string of the molecule is CCN(CC)c1ccc(O)c(/C=N/Nc2ccc([N+](=O)[O-])cc2[N+](=O)[O-])c1. The van der Waals surface area contributed by atoms with Crippen LogP contribution in [0.3, 0.4) is 0 Å². The minimum absolute atomic E-state index is 0.00115. The van der Waals surface area contributed by atoms with Gasteiger partial charge in [0.1, 0.15) is 11.4 Å². The molecule has 2 aromatic rings. The number of hydrazone groups is 1. The highest BCUT2D eigenvalue weighted by molar-refractivity contribution is 5.86. The molecular weight excluding hydrogens is 354 g/mol. The molecule has 10 heteroatoms. The highest BCUT2D eigenvalue weighted by Gasteiger charge is 2.19. The van der Waals surface area contributed by atoms with Crippen LogP contribution in [0.25, 0.3) is 0 Å². The van der Waals surface area contributed by atoms with E-state index in [1.165, 1.54) is 12.3 Å². The van der Waals surface area contributed by atoms with Crippen molar-refractivity contribution in [1.82, 2.24) is 0 Å². The van der Waals surface area contributed by atoms with E-state index in [9.17, 15) is 25.3 Å². The van der Waals surface area contributed by atoms with Crippen molar-refractivity contribution in [2.75, 3.05) is 23.4 Å². The lowest BCUT2D eigenvalue weighted by Crippen LogP contribution is -2.21. The van der Waals surface area contributed by atoms with Crippen LogP contribution in [0.1, 0.15) is 19.4 Å². The Balaban J connectivity index is 2.26. The van der Waals surface area contributed by atoms with Crippen molar-refractivity contribution in [3.63, 3.8) is 0 Å². The molecule has 2 rings (SSSR count). The highest BCUT2D eigenvalue weighted by Crippen LogP contribution is 2.29. The molecule has 10 nitrogen and oxygen atoms in total. The normalized spacial score (nSPS) is 10.7. The third-order valence-corrected chi connectivity index (χ3v) is 3.92. The van der Waals surface area contributed by atoms with Gasteiger partial charge in [0.05, 0.1) is 22.1 Å². The van der Waals surface area contributed by atoms with Gasteiger partial charge in [-0.15, -0.1) is 0 Å². The summed E-state index contributed by atoms with van der Waals surface area (Å²) in [6.45, 7) is 5.62. The summed E-state index contributed by atoms with van der Waals surface area (Å²) in [6.07, 6.45) is 1.33. The Morgan fingerprint density at radius 2 is 1.81 bits per heavy atom. The predicted octanol–water partition coefficient (Wildman–Crippen LogP) is 3.50. The maximum Gasteiger partial charge on any atom is 0.301 e. The van der Waals surface area contributed by atoms with Crippen molar-refractivity contribution >= 4 is 29.0 Å². The molecule has 0 aliphatic rings. The maximum atomic E-state index is 11.1. The summed E-state index contributed by atoms with van der Waals surface area (Å²) >= 11 is 0. The van der Waals surface area contributed by atoms with Crippen LogP contribution in [0.4, 0.5) is 22.7 Å². The Hall–Kier alpha value is -3.69. The van der Waals surface area contributed by atoms with Crippen molar-refractivity contribution < 1.29 is 15.0 Å². The van der Waals surface area contributed by atoms with Gasteiger partial charge in [-0.25, -0.2) is 0 Å². The van der Waals surface area contributed by atoms with Gasteiger partial charge in [-0.05, 0) is 38.1 Å². The predicted molar refractivity (Wildman–Crippen MR) is 103 cm³/mol. The minimum atomic E-state index is -0.733. The van der Waals surface area contributed by atoms with Gasteiger partial charge in [-0.1, -0.05) is 0 Å². The van der Waals surface area contributed by atoms with Crippen molar-refractivity contribution in [2.24, 2.45) is 5.10 Å². The van der Waals surface area contributed by atoms with E-state index in [1.54, 1.807) is 18.2 Å². The molecule has 0 atom stereocenters. The second kappa shape index (κ2) is 8.61. The first-order chi connectivity index (χ1) is 12.9. The number of aromatic hydroxyl groups is 1. The number of nitrogens with zero attached hydrogens (tertiary/aromatic N) is 4. The first-order valence-corrected chi connectivity index (χ1v) is 8.17. The lowest BCUT2D eigenvalue weighted by Gasteiger charge is -2.21. The summed E-state index contributed by atoms with van der Waals surface area (Å²) in [4.78, 5) is 22.5. The monoisotopic (exact) mass is 373 g/mol. The zero-order chi connectivity index (χ0) is 20.0. The molecule has 0 aliphatic carbocycles. The summed E-state index contributed by atoms with van der Waals surface area (Å²) < 4.78 is 0. The van der Waals surface area contributed by atoms with Crippen LogP contribution in [0.2, 0.25) is 0 Å². The number of nitro groups is 2. The fourth-order valence-corrected chi connectivity index (χ4v) is 2.48. The number of anilines is 2. The Bertz CT molecular complexity index is 880. The van der Waals surface area contributed by atoms with Crippen LogP contribution >= 0.6 is 0 Å². The molecule has 2 N–H and O–H groups in total. The van der Waals surface area contributed by atoms with Gasteiger partial charge in [0.15, 0.2) is 0 Å². The van der Waals surface area contributed by atoms with Crippen molar-refractivity contribution in [2.45, 2.75) is 13.8 Å². The van der Waals surface area contributed by atoms with Gasteiger partial charge in [0.2, 0.25) is 0 Å². The van der Waals surface area contributed by atoms with E-state index in [4.69, 9.17) is 0 Å². The van der Waals surface area contributed by atoms with Crippen molar-refractivity contribution in [3.05, 3.63) is 62.2 Å². The van der Waals surface area contributed by atoms with Gasteiger partial charge in [-0.3, -0.25) is 25.7 Å². The lowest BCUT2D eigenvalue weighted by atomic mass is 10.1. The lowest BCUT2D eigenvalue weighted by molar-refractivity contribution is -0.393. The minimum Gasteiger partial charge on any atom is -0.507 e. The molecular formula is C17H19N5O5. The molecule has 0 spiro atoms. The molecule has 0 amide bonds. The van der Waals surface area contributed by atoms with E-state index < -0.39 is 15.5 Å². The molecule has 0 saturated carbocycles. The fraction of sp³-hybridized carbons (Fsp3) is 0.235. The molecule has 2 aromatic carbocycles. The number of rotatable bonds is 8. The number of nitrogens with one attached hydrogen (secondary N) is 1. The summed E-state index contributed by atoms with van der Waals surface area (Å²) in [5.74, 6) is 0.00894. The largest absolute Gasteiger partial charge is 0.507 e. The quantitative estimate of drug-likeness (QED) is 0.411. The van der Waals surface area contributed by atoms with Crippen LogP contribution in [0.5, 0.6) is 5.75 Å². The Kier molecular flexibility index (Phi) is 6.26. The van der Waals surface area contributed by atoms with Crippen LogP contribution in [0, 0.1) is 20.2 Å². The number of phenols is 1. The molecule has 0 aliphatic heterocycles. The Labute approximate surface area is 155 Å². The molecule has 0 unspecified atom stereocenters. The number of hydrogen-bond acceptors (Lipinski definition) is 8. The molecule has 0 saturated heterocycles. The van der Waals surface area contributed by atoms with Crippen molar-refractivity contribution in [1.29, 1.82) is 0 Å². The summed E-state index contributed by atoms with van der Waals surface area (Å²) in [5.41, 5.74) is 2.97. The Morgan fingerprint density at radius 1 is 1.11 bits per heavy atom. The van der Waals surface area contributed by atoms with E-state index in [2.05, 4.69) is 15.4 Å². The zero-order valence-corrected chi connectivity index (χ0v) is 14.8. The summed E-state index contributed by atoms with van der Waals surface area (Å²) in [6, 6.07) is 8.29. The summed E-state index contributed by atoms with van der Waals surface area (Å²) in [5, 5.41) is 35.8. The van der Waals surface area contributed by atoms with Crippen molar-refractivity contribution in [3.8, 4) is 5.75 Å². The number of nitro benzene ring substituents is 2. The average Bonchev–Trinajstić information content (AvgIpc) is 2.64. The van der Waals surface area contributed by atoms with Gasteiger partial charge >= 0.3 is 5.69 Å². The summed E-state index contributed by atoms with van der Waals surface area (Å²) in [7, 11) is 0. The van der Waals surface area contributed by atoms with Gasteiger partial charge < -0.3 is 10.0 Å². The second-order valence-corrected chi connectivity index (χ2v) is 5.50. The van der Waals surface area contributed by atoms with Crippen LogP contribution < -0.4 is 10.3 Å². The van der Waals surface area contributed by atoms with E-state index in [1.807, 2.05) is 13.8 Å². The molecule has 27 heavy (non-hydrogen) atoms. The first-order valence-electron chi connectivity index (χ1n) is 8.17. The van der Waals surface area contributed by atoms with E-state index in [-0.39, 0.29) is 17.1 Å². The number of hydrogen-bond donors (Lipinski definition) is 2. The number of phenolic OH excluding ortho intramolecular Hbond substituents is 1. The van der Waals surface area contributed by atoms with Gasteiger partial charge in [-0.2, -0.15) is 5.10 Å². The van der Waals surface area contributed by atoms with E-state index in [0.717, 1.165) is 30.9 Å². The third-order valence-electron chi connectivity index (χ3n) is 3.92. The topological polar surface area (TPSA) is 134 Å². The van der Waals surface area contributed by atoms with E-state index in [0.29, 0.717) is 5.56 Å². The maximum absolute atomic E-state index is 11.1. The molecule has 0 heterocycles. The van der Waals surface area contributed by atoms with E-state index >= 15 is 0 Å².